The van der Waals surface area contributed by atoms with E-state index in [1.54, 1.807) is 0 Å². The number of hydrogen-bond donors (Lipinski definition) is 1. The van der Waals surface area contributed by atoms with Crippen LogP contribution in [0.5, 0.6) is 0 Å². The van der Waals surface area contributed by atoms with Gasteiger partial charge < -0.3 is 9.73 Å². The molecule has 0 radical (unpaired) electrons. The van der Waals surface area contributed by atoms with Gasteiger partial charge in [-0.1, -0.05) is 6.07 Å². The Kier molecular flexibility index (Phi) is 3.30. The molecule has 1 aliphatic heterocycles. The maximum Gasteiger partial charge on any atom is 0.209 e. The molecule has 4 heteroatoms. The number of rotatable bonds is 2. The number of oxazole rings is 1. The summed E-state index contributed by atoms with van der Waals surface area (Å²) in [5.41, 5.74) is 3.09. The Bertz CT molecular complexity index is 527. The Labute approximate surface area is 107 Å². The molecule has 2 aromatic rings. The summed E-state index contributed by atoms with van der Waals surface area (Å²) in [6, 6.07) is 6.14. The van der Waals surface area contributed by atoms with Gasteiger partial charge in [0, 0.05) is 13.1 Å². The molecular formula is C14H19N3O. The third kappa shape index (κ3) is 2.54. The van der Waals surface area contributed by atoms with Gasteiger partial charge >= 0.3 is 0 Å². The molecule has 1 aliphatic rings. The number of nitrogens with zero attached hydrogens (tertiary/aromatic N) is 2. The third-order valence-electron chi connectivity index (χ3n) is 3.38. The molecule has 1 aromatic carbocycles. The van der Waals surface area contributed by atoms with Crippen LogP contribution in [0, 0.1) is 6.92 Å². The summed E-state index contributed by atoms with van der Waals surface area (Å²) < 4.78 is 5.79. The van der Waals surface area contributed by atoms with Gasteiger partial charge in [0.15, 0.2) is 5.58 Å². The Hall–Kier alpha value is -1.39. The van der Waals surface area contributed by atoms with Crippen LogP contribution >= 0.6 is 0 Å². The summed E-state index contributed by atoms with van der Waals surface area (Å²) >= 11 is 0. The average Bonchev–Trinajstić information content (AvgIpc) is 2.57. The Balaban J connectivity index is 1.77. The number of fused-ring (bicyclic) bond motifs is 1. The minimum atomic E-state index is 0.815. The van der Waals surface area contributed by atoms with Crippen LogP contribution in [0.4, 0.5) is 0 Å². The molecular weight excluding hydrogens is 226 g/mol. The van der Waals surface area contributed by atoms with Crippen molar-refractivity contribution in [2.75, 3.05) is 26.2 Å². The van der Waals surface area contributed by atoms with Crippen molar-refractivity contribution in [3.63, 3.8) is 0 Å². The lowest BCUT2D eigenvalue weighted by molar-refractivity contribution is 0.257. The van der Waals surface area contributed by atoms with Crippen LogP contribution in [0.15, 0.2) is 22.6 Å². The van der Waals surface area contributed by atoms with Crippen molar-refractivity contribution >= 4 is 11.1 Å². The summed E-state index contributed by atoms with van der Waals surface area (Å²) in [6.07, 6.45) is 1.19. The second-order valence-corrected chi connectivity index (χ2v) is 4.96. The highest BCUT2D eigenvalue weighted by atomic mass is 16.3. The van der Waals surface area contributed by atoms with Gasteiger partial charge in [0.05, 0.1) is 6.54 Å². The second-order valence-electron chi connectivity index (χ2n) is 4.96. The van der Waals surface area contributed by atoms with Crippen LogP contribution in [-0.2, 0) is 6.54 Å². The normalized spacial score (nSPS) is 18.1. The first-order chi connectivity index (χ1) is 8.81. The van der Waals surface area contributed by atoms with Crippen LogP contribution in [-0.4, -0.2) is 36.1 Å². The molecule has 0 amide bonds. The van der Waals surface area contributed by atoms with Gasteiger partial charge in [0.1, 0.15) is 5.52 Å². The Morgan fingerprint density at radius 1 is 1.33 bits per heavy atom. The Morgan fingerprint density at radius 3 is 3.22 bits per heavy atom. The van der Waals surface area contributed by atoms with E-state index in [2.05, 4.69) is 34.3 Å². The van der Waals surface area contributed by atoms with Gasteiger partial charge in [-0.3, -0.25) is 4.90 Å². The highest BCUT2D eigenvalue weighted by molar-refractivity contribution is 5.73. The first-order valence-electron chi connectivity index (χ1n) is 6.60. The SMILES string of the molecule is Cc1ccc2oc(CN3CCCNCC3)nc2c1. The van der Waals surface area contributed by atoms with E-state index in [4.69, 9.17) is 4.42 Å². The summed E-state index contributed by atoms with van der Waals surface area (Å²) in [7, 11) is 0. The number of hydrogen-bond acceptors (Lipinski definition) is 4. The summed E-state index contributed by atoms with van der Waals surface area (Å²) in [6.45, 7) is 7.24. The molecule has 0 atom stereocenters. The van der Waals surface area contributed by atoms with Crippen molar-refractivity contribution in [2.24, 2.45) is 0 Å². The number of aromatic nitrogens is 1. The monoisotopic (exact) mass is 245 g/mol. The van der Waals surface area contributed by atoms with Gasteiger partial charge in [-0.2, -0.15) is 0 Å². The van der Waals surface area contributed by atoms with Gasteiger partial charge in [0.2, 0.25) is 5.89 Å². The minimum absolute atomic E-state index is 0.815. The lowest BCUT2D eigenvalue weighted by Gasteiger charge is -2.16. The lowest BCUT2D eigenvalue weighted by Crippen LogP contribution is -2.27. The van der Waals surface area contributed by atoms with Crippen LogP contribution in [0.3, 0.4) is 0 Å². The molecule has 3 rings (SSSR count). The van der Waals surface area contributed by atoms with Crippen molar-refractivity contribution in [2.45, 2.75) is 19.9 Å². The molecule has 0 saturated carbocycles. The van der Waals surface area contributed by atoms with Gasteiger partial charge in [-0.25, -0.2) is 4.98 Å². The quantitative estimate of drug-likeness (QED) is 0.878. The van der Waals surface area contributed by atoms with Crippen LogP contribution < -0.4 is 5.32 Å². The highest BCUT2D eigenvalue weighted by Gasteiger charge is 2.13. The predicted octanol–water partition coefficient (Wildman–Crippen LogP) is 1.93. The summed E-state index contributed by atoms with van der Waals surface area (Å²) in [5, 5.41) is 3.40. The molecule has 1 saturated heterocycles. The van der Waals surface area contributed by atoms with Gasteiger partial charge in [0.25, 0.3) is 0 Å². The standard InChI is InChI=1S/C14H19N3O/c1-11-3-4-13-12(9-11)16-14(18-13)10-17-7-2-5-15-6-8-17/h3-4,9,15H,2,5-8,10H2,1H3. The van der Waals surface area contributed by atoms with Crippen LogP contribution in [0.1, 0.15) is 17.9 Å². The van der Waals surface area contributed by atoms with Crippen molar-refractivity contribution in [1.29, 1.82) is 0 Å². The zero-order valence-electron chi connectivity index (χ0n) is 10.8. The fourth-order valence-corrected chi connectivity index (χ4v) is 2.40. The van der Waals surface area contributed by atoms with Crippen molar-refractivity contribution in [3.8, 4) is 0 Å². The molecule has 1 N–H and O–H groups in total. The van der Waals surface area contributed by atoms with Gasteiger partial charge in [-0.15, -0.1) is 0 Å². The first-order valence-corrected chi connectivity index (χ1v) is 6.60. The molecule has 4 nitrogen and oxygen atoms in total. The Morgan fingerprint density at radius 2 is 2.28 bits per heavy atom. The van der Waals surface area contributed by atoms with Crippen molar-refractivity contribution < 1.29 is 4.42 Å². The molecule has 1 fully saturated rings. The smallest absolute Gasteiger partial charge is 0.209 e. The maximum absolute atomic E-state index is 5.79. The third-order valence-corrected chi connectivity index (χ3v) is 3.38. The zero-order valence-corrected chi connectivity index (χ0v) is 10.8. The van der Waals surface area contributed by atoms with E-state index in [0.717, 1.165) is 49.7 Å². The molecule has 96 valence electrons. The molecule has 18 heavy (non-hydrogen) atoms. The van der Waals surface area contributed by atoms with Gasteiger partial charge in [-0.05, 0) is 44.1 Å². The summed E-state index contributed by atoms with van der Waals surface area (Å²) in [4.78, 5) is 6.97. The topological polar surface area (TPSA) is 41.3 Å². The van der Waals surface area contributed by atoms with E-state index in [-0.39, 0.29) is 0 Å². The molecule has 0 aliphatic carbocycles. The van der Waals surface area contributed by atoms with E-state index in [1.807, 2.05) is 6.07 Å². The average molecular weight is 245 g/mol. The zero-order chi connectivity index (χ0) is 12.4. The lowest BCUT2D eigenvalue weighted by atomic mass is 10.2. The number of aryl methyl sites for hydroxylation is 1. The molecule has 1 aromatic heterocycles. The van der Waals surface area contributed by atoms with Crippen LogP contribution in [0.2, 0.25) is 0 Å². The molecule has 2 heterocycles. The number of nitrogens with one attached hydrogen (secondary N) is 1. The second kappa shape index (κ2) is 5.08. The summed E-state index contributed by atoms with van der Waals surface area (Å²) in [5.74, 6) is 0.831. The van der Waals surface area contributed by atoms with E-state index in [9.17, 15) is 0 Å². The van der Waals surface area contributed by atoms with E-state index < -0.39 is 0 Å². The first kappa shape index (κ1) is 11.7. The van der Waals surface area contributed by atoms with Crippen molar-refractivity contribution in [3.05, 3.63) is 29.7 Å². The predicted molar refractivity (Wildman–Crippen MR) is 71.5 cm³/mol. The van der Waals surface area contributed by atoms with Crippen molar-refractivity contribution in [1.82, 2.24) is 15.2 Å². The molecule has 0 bridgehead atoms. The molecule has 0 spiro atoms. The maximum atomic E-state index is 5.79. The number of benzene rings is 1. The van der Waals surface area contributed by atoms with E-state index in [1.165, 1.54) is 12.0 Å². The fourth-order valence-electron chi connectivity index (χ4n) is 2.40. The highest BCUT2D eigenvalue weighted by Crippen LogP contribution is 2.18. The molecule has 0 unspecified atom stereocenters. The van der Waals surface area contributed by atoms with Crippen LogP contribution in [0.25, 0.3) is 11.1 Å². The largest absolute Gasteiger partial charge is 0.439 e. The van der Waals surface area contributed by atoms with E-state index >= 15 is 0 Å². The minimum Gasteiger partial charge on any atom is -0.439 e. The van der Waals surface area contributed by atoms with E-state index in [0.29, 0.717) is 0 Å². The fraction of sp³-hybridized carbons (Fsp3) is 0.500.